The summed E-state index contributed by atoms with van der Waals surface area (Å²) >= 11 is 6.27. The summed E-state index contributed by atoms with van der Waals surface area (Å²) in [6.07, 6.45) is 30.2. The van der Waals surface area contributed by atoms with Crippen molar-refractivity contribution in [3.8, 4) is 11.5 Å². The zero-order valence-corrected chi connectivity index (χ0v) is 39.9. The van der Waals surface area contributed by atoms with Gasteiger partial charge in [0, 0.05) is 73.3 Å². The van der Waals surface area contributed by atoms with Crippen LogP contribution in [0.15, 0.2) is 194 Å². The lowest BCUT2D eigenvalue weighted by atomic mass is 9.90. The maximum atomic E-state index is 14.4. The highest BCUT2D eigenvalue weighted by molar-refractivity contribution is 6.30. The highest BCUT2D eigenvalue weighted by Gasteiger charge is 2.50. The predicted molar refractivity (Wildman–Crippen MR) is 275 cm³/mol. The summed E-state index contributed by atoms with van der Waals surface area (Å²) < 4.78 is 15.6. The average molecular weight is 966 g/mol. The van der Waals surface area contributed by atoms with Crippen LogP contribution in [0.4, 0.5) is 5.69 Å². The van der Waals surface area contributed by atoms with Gasteiger partial charge in [0.15, 0.2) is 11.6 Å². The molecule has 1 aliphatic heterocycles. The van der Waals surface area contributed by atoms with Crippen LogP contribution in [-0.2, 0) is 31.0 Å². The van der Waals surface area contributed by atoms with E-state index in [0.29, 0.717) is 91.3 Å². The first-order chi connectivity index (χ1) is 34.8. The highest BCUT2D eigenvalue weighted by Crippen LogP contribution is 2.35. The Hall–Kier alpha value is -8.00. The van der Waals surface area contributed by atoms with Gasteiger partial charge >= 0.3 is 0 Å². The van der Waals surface area contributed by atoms with Crippen molar-refractivity contribution in [3.63, 3.8) is 0 Å². The Balaban J connectivity index is 0.832. The minimum Gasteiger partial charge on any atom is -0.494 e. The summed E-state index contributed by atoms with van der Waals surface area (Å²) in [4.78, 5) is 43.6. The minimum absolute atomic E-state index is 0.0589. The van der Waals surface area contributed by atoms with Crippen molar-refractivity contribution in [1.29, 1.82) is 0 Å². The van der Waals surface area contributed by atoms with Crippen LogP contribution >= 0.6 is 11.6 Å². The second-order valence-corrected chi connectivity index (χ2v) is 17.7. The molecule has 0 radical (unpaired) electrons. The molecule has 1 fully saturated rings. The van der Waals surface area contributed by atoms with Gasteiger partial charge in [-0.05, 0) is 114 Å². The molecule has 3 aliphatic rings. The molecule has 0 saturated carbocycles. The van der Waals surface area contributed by atoms with Gasteiger partial charge in [0.25, 0.3) is 0 Å². The molecule has 2 aromatic heterocycles. The molecule has 13 nitrogen and oxygen atoms in total. The molecule has 2 atom stereocenters. The molecule has 3 heterocycles. The fourth-order valence-corrected chi connectivity index (χ4v) is 8.57. The Morgan fingerprint density at radius 3 is 1.68 bits per heavy atom. The molecular weight excluding hydrogens is 912 g/mol. The van der Waals surface area contributed by atoms with Crippen LogP contribution in [0.25, 0.3) is 6.08 Å². The van der Waals surface area contributed by atoms with Crippen molar-refractivity contribution in [2.45, 2.75) is 63.9 Å². The molecule has 9 rings (SSSR count). The first-order valence-electron chi connectivity index (χ1n) is 23.8. The van der Waals surface area contributed by atoms with E-state index in [1.165, 1.54) is 0 Å². The van der Waals surface area contributed by atoms with Crippen LogP contribution in [-0.4, -0.2) is 77.7 Å². The number of rotatable bonds is 24. The number of halogens is 1. The molecule has 0 spiro atoms. The Bertz CT molecular complexity index is 2880. The Kier molecular flexibility index (Phi) is 15.9. The molecule has 0 unspecified atom stereocenters. The van der Waals surface area contributed by atoms with Crippen LogP contribution < -0.4 is 14.4 Å². The Labute approximate surface area is 418 Å². The number of hydrogen-bond donors (Lipinski definition) is 0. The number of benzene rings is 4. The van der Waals surface area contributed by atoms with Crippen LogP contribution in [0.5, 0.6) is 11.5 Å². The molecule has 4 aromatic carbocycles. The number of allylic oxidation sites excluding steroid dienone is 12. The van der Waals surface area contributed by atoms with Crippen molar-refractivity contribution >= 4 is 40.8 Å². The van der Waals surface area contributed by atoms with E-state index in [2.05, 4.69) is 55.9 Å². The van der Waals surface area contributed by atoms with E-state index in [4.69, 9.17) is 21.1 Å². The number of β-lactam (4-membered cyclic amide) rings is 1. The maximum absolute atomic E-state index is 14.4. The topological polar surface area (TPSA) is 138 Å². The lowest BCUT2D eigenvalue weighted by molar-refractivity contribution is -0.131. The number of carbonyl (C=O) groups is 3. The Morgan fingerprint density at radius 2 is 1.18 bits per heavy atom. The van der Waals surface area contributed by atoms with Crippen LogP contribution in [0.3, 0.4) is 0 Å². The highest BCUT2D eigenvalue weighted by atomic mass is 35.5. The molecule has 1 saturated heterocycles. The molecule has 358 valence electrons. The molecule has 6 aromatic rings. The van der Waals surface area contributed by atoms with Gasteiger partial charge in [0.2, 0.25) is 5.91 Å². The van der Waals surface area contributed by atoms with Crippen molar-refractivity contribution in [1.82, 2.24) is 34.9 Å². The molecule has 2 aliphatic carbocycles. The number of carbonyl (C=O) groups excluding carboxylic acids is 3. The number of anilines is 1. The number of ether oxygens (including phenoxy) is 2. The van der Waals surface area contributed by atoms with E-state index in [1.807, 2.05) is 110 Å². The van der Waals surface area contributed by atoms with Gasteiger partial charge in [-0.1, -0.05) is 113 Å². The van der Waals surface area contributed by atoms with E-state index in [9.17, 15) is 14.4 Å². The number of ketones is 2. The monoisotopic (exact) mass is 964 g/mol. The van der Waals surface area contributed by atoms with Gasteiger partial charge in [-0.2, -0.15) is 0 Å². The average Bonchev–Trinajstić information content (AvgIpc) is 4.26. The normalized spacial score (nSPS) is 16.4. The van der Waals surface area contributed by atoms with Crippen LogP contribution in [0.1, 0.15) is 63.4 Å². The van der Waals surface area contributed by atoms with E-state index < -0.39 is 6.04 Å². The smallest absolute Gasteiger partial charge is 0.247 e. The van der Waals surface area contributed by atoms with Gasteiger partial charge in [0.05, 0.1) is 30.6 Å². The first kappa shape index (κ1) is 48.0. The third kappa shape index (κ3) is 13.0. The maximum Gasteiger partial charge on any atom is 0.247 e. The zero-order valence-electron chi connectivity index (χ0n) is 39.1. The summed E-state index contributed by atoms with van der Waals surface area (Å²) in [5.74, 6) is 1.17. The largest absolute Gasteiger partial charge is 0.494 e. The molecule has 1 amide bonds. The fourth-order valence-electron chi connectivity index (χ4n) is 8.44. The number of amides is 1. The first-order valence-corrected chi connectivity index (χ1v) is 24.2. The molecule has 14 heteroatoms. The van der Waals surface area contributed by atoms with Crippen molar-refractivity contribution in [2.75, 3.05) is 18.1 Å². The van der Waals surface area contributed by atoms with E-state index in [0.717, 1.165) is 35.2 Å². The minimum atomic E-state index is -0.554. The molecule has 0 bridgehead atoms. The fraction of sp³-hybridized carbons (Fsp3) is 0.211. The quantitative estimate of drug-likeness (QED) is 0.0249. The van der Waals surface area contributed by atoms with Crippen molar-refractivity contribution < 1.29 is 23.9 Å². The zero-order chi connectivity index (χ0) is 48.8. The van der Waals surface area contributed by atoms with Gasteiger partial charge in [-0.25, -0.2) is 0 Å². The van der Waals surface area contributed by atoms with E-state index >= 15 is 0 Å². The number of nitrogens with zero attached hydrogens (tertiary/aromatic N) is 8. The van der Waals surface area contributed by atoms with Crippen molar-refractivity contribution in [2.24, 2.45) is 0 Å². The predicted octanol–water partition coefficient (Wildman–Crippen LogP) is 10.2. The van der Waals surface area contributed by atoms with Crippen LogP contribution in [0, 0.1) is 0 Å². The Morgan fingerprint density at radius 1 is 0.662 bits per heavy atom. The summed E-state index contributed by atoms with van der Waals surface area (Å²) in [6.45, 7) is 2.64. The number of hydrogen-bond acceptors (Lipinski definition) is 10. The van der Waals surface area contributed by atoms with Gasteiger partial charge in [0.1, 0.15) is 17.5 Å². The van der Waals surface area contributed by atoms with Gasteiger partial charge < -0.3 is 14.4 Å². The number of aromatic nitrogens is 6. The third-order valence-electron chi connectivity index (χ3n) is 12.1. The standard InChI is InChI=1S/C57H53ClN8O5/c58-47-23-25-50(26-24-47)66-53(31-16-42-10-2-1-3-11-42)56(57(66)69)63(38-48-40-64(61-59-48)34-8-36-70-51-27-19-45(20-28-51)54(67)32-17-43-12-4-5-13-43)39-49-41-65(62-60-49)35-9-37-71-52-29-21-46(22-30-52)55(68)33-18-44-14-6-7-15-44/h1-4,6,10-33,40-41,53,56H,5,7-9,34-39H2/b31-16+,32-17+,33-18+/t53-,56+/m1/s1. The summed E-state index contributed by atoms with van der Waals surface area (Å²) in [7, 11) is 0. The second kappa shape index (κ2) is 23.5. The summed E-state index contributed by atoms with van der Waals surface area (Å²) in [5.41, 5.74) is 6.43. The molecule has 71 heavy (non-hydrogen) atoms. The summed E-state index contributed by atoms with van der Waals surface area (Å²) in [5, 5.41) is 18.5. The summed E-state index contributed by atoms with van der Waals surface area (Å²) in [6, 6.07) is 30.8. The van der Waals surface area contributed by atoms with Gasteiger partial charge in [-0.3, -0.25) is 28.6 Å². The SMILES string of the molecule is O=C(/C=C/C1=CCC=C1)c1ccc(OCCCn2cc(CN(Cc3cn(CCCOc4ccc(C(=O)/C=C/C5=CCC=C5)cc4)nn3)[C@@H]3C(=O)N(c4ccc(Cl)cc4)[C@@H]3/C=C/c3ccccc3)nn2)cc1. The molecule has 0 N–H and O–H groups in total. The molecular formula is C57H53ClN8O5. The number of aryl methyl sites for hydroxylation is 2. The van der Waals surface area contributed by atoms with E-state index in [-0.39, 0.29) is 23.5 Å². The van der Waals surface area contributed by atoms with Gasteiger partial charge in [-0.15, -0.1) is 10.2 Å². The van der Waals surface area contributed by atoms with Crippen molar-refractivity contribution in [3.05, 3.63) is 227 Å². The third-order valence-corrected chi connectivity index (χ3v) is 12.4. The lowest BCUT2D eigenvalue weighted by Crippen LogP contribution is -2.70. The van der Waals surface area contributed by atoms with Crippen LogP contribution in [0.2, 0.25) is 5.02 Å². The second-order valence-electron chi connectivity index (χ2n) is 17.3. The van der Waals surface area contributed by atoms with E-state index in [1.54, 1.807) is 62.8 Å². The lowest BCUT2D eigenvalue weighted by Gasteiger charge is -2.50.